The summed E-state index contributed by atoms with van der Waals surface area (Å²) in [6.45, 7) is 3.37. The molecular formula is C13H10BrClFNO3. The molecule has 1 aromatic carbocycles. The average molecular weight is 363 g/mol. The molecule has 20 heavy (non-hydrogen) atoms. The van der Waals surface area contributed by atoms with Crippen molar-refractivity contribution in [3.05, 3.63) is 42.9 Å². The Balaban J connectivity index is 2.86. The number of benzene rings is 1. The highest BCUT2D eigenvalue weighted by Gasteiger charge is 2.21. The molecule has 1 N–H and O–H groups in total. The van der Waals surface area contributed by atoms with Crippen molar-refractivity contribution in [3.8, 4) is 0 Å². The van der Waals surface area contributed by atoms with Gasteiger partial charge in [0.1, 0.15) is 10.7 Å². The van der Waals surface area contributed by atoms with Gasteiger partial charge in [0.15, 0.2) is 5.82 Å². The molecule has 0 aliphatic rings. The Kier molecular flexibility index (Phi) is 4.15. The molecule has 2 rings (SSSR count). The normalized spacial score (nSPS) is 10.8. The minimum atomic E-state index is -0.832. The molecule has 1 aromatic heterocycles. The lowest BCUT2D eigenvalue weighted by Crippen LogP contribution is -2.20. The second-order valence-electron chi connectivity index (χ2n) is 4.11. The Morgan fingerprint density at radius 2 is 2.20 bits per heavy atom. The van der Waals surface area contributed by atoms with Crippen LogP contribution in [0.1, 0.15) is 22.8 Å². The molecule has 106 valence electrons. The van der Waals surface area contributed by atoms with E-state index in [-0.39, 0.29) is 32.7 Å². The van der Waals surface area contributed by atoms with Gasteiger partial charge in [0, 0.05) is 5.39 Å². The molecule has 1 heterocycles. The third kappa shape index (κ3) is 2.33. The van der Waals surface area contributed by atoms with Crippen molar-refractivity contribution < 1.29 is 13.9 Å². The summed E-state index contributed by atoms with van der Waals surface area (Å²) in [6.07, 6.45) is 0. The predicted molar refractivity (Wildman–Crippen MR) is 77.9 cm³/mol. The third-order valence-electron chi connectivity index (χ3n) is 2.79. The fourth-order valence-corrected chi connectivity index (χ4v) is 2.42. The van der Waals surface area contributed by atoms with Gasteiger partial charge in [0.2, 0.25) is 5.43 Å². The van der Waals surface area contributed by atoms with Crippen molar-refractivity contribution in [1.29, 1.82) is 0 Å². The number of pyridine rings is 1. The van der Waals surface area contributed by atoms with Crippen molar-refractivity contribution in [1.82, 2.24) is 4.98 Å². The summed E-state index contributed by atoms with van der Waals surface area (Å²) in [6, 6.07) is 1.49. The van der Waals surface area contributed by atoms with Gasteiger partial charge in [-0.25, -0.2) is 9.18 Å². The first-order valence-corrected chi connectivity index (χ1v) is 6.92. The fourth-order valence-electron chi connectivity index (χ4n) is 1.85. The number of ether oxygens (including phenoxy) is 1. The van der Waals surface area contributed by atoms with E-state index in [9.17, 15) is 14.0 Å². The van der Waals surface area contributed by atoms with E-state index in [2.05, 4.69) is 20.9 Å². The van der Waals surface area contributed by atoms with E-state index in [1.54, 1.807) is 13.8 Å². The number of carbonyl (C=O) groups is 1. The molecule has 7 heteroatoms. The Hall–Kier alpha value is -1.40. The van der Waals surface area contributed by atoms with Crippen LogP contribution in [0.5, 0.6) is 0 Å². The molecular weight excluding hydrogens is 353 g/mol. The lowest BCUT2D eigenvalue weighted by atomic mass is 10.1. The van der Waals surface area contributed by atoms with Crippen LogP contribution in [-0.2, 0) is 4.74 Å². The van der Waals surface area contributed by atoms with Crippen LogP contribution in [0.2, 0.25) is 5.15 Å². The van der Waals surface area contributed by atoms with E-state index >= 15 is 0 Å². The van der Waals surface area contributed by atoms with Crippen molar-refractivity contribution >= 4 is 44.4 Å². The van der Waals surface area contributed by atoms with Crippen molar-refractivity contribution in [2.75, 3.05) is 6.61 Å². The molecule has 0 saturated carbocycles. The molecule has 0 aliphatic heterocycles. The number of hydrogen-bond acceptors (Lipinski definition) is 3. The molecule has 0 spiro atoms. The number of rotatable bonds is 2. The first-order chi connectivity index (χ1) is 9.38. The zero-order valence-corrected chi connectivity index (χ0v) is 13.0. The first-order valence-electron chi connectivity index (χ1n) is 5.75. The largest absolute Gasteiger partial charge is 0.462 e. The van der Waals surface area contributed by atoms with Crippen molar-refractivity contribution in [2.45, 2.75) is 13.8 Å². The van der Waals surface area contributed by atoms with Gasteiger partial charge in [-0.15, -0.1) is 0 Å². The molecule has 0 atom stereocenters. The summed E-state index contributed by atoms with van der Waals surface area (Å²) in [4.78, 5) is 26.6. The maximum atomic E-state index is 14.1. The number of carbonyl (C=O) groups excluding carboxylic acids is 1. The molecule has 0 saturated heterocycles. The summed E-state index contributed by atoms with van der Waals surface area (Å²) in [5, 5.41) is -0.189. The first kappa shape index (κ1) is 15.0. The number of aryl methyl sites for hydroxylation is 1. The maximum Gasteiger partial charge on any atom is 0.345 e. The number of aromatic nitrogens is 1. The van der Waals surface area contributed by atoms with Crippen LogP contribution in [0.15, 0.2) is 15.3 Å². The number of aromatic amines is 1. The molecule has 4 nitrogen and oxygen atoms in total. The highest BCUT2D eigenvalue weighted by Crippen LogP contribution is 2.27. The number of halogens is 3. The second kappa shape index (κ2) is 5.54. The van der Waals surface area contributed by atoms with Crippen LogP contribution >= 0.6 is 27.5 Å². The van der Waals surface area contributed by atoms with Crippen LogP contribution in [-0.4, -0.2) is 17.6 Å². The van der Waals surface area contributed by atoms with Crippen LogP contribution in [0, 0.1) is 12.7 Å². The van der Waals surface area contributed by atoms with E-state index in [0.717, 1.165) is 0 Å². The van der Waals surface area contributed by atoms with Gasteiger partial charge in [-0.1, -0.05) is 11.6 Å². The fraction of sp³-hybridized carbons (Fsp3) is 0.231. The zero-order chi connectivity index (χ0) is 15.0. The third-order valence-corrected chi connectivity index (χ3v) is 4.05. The van der Waals surface area contributed by atoms with E-state index in [0.29, 0.717) is 5.56 Å². The number of nitrogens with one attached hydrogen (secondary N) is 1. The maximum absolute atomic E-state index is 14.1. The number of fused-ring (bicyclic) bond motifs is 1. The highest BCUT2D eigenvalue weighted by atomic mass is 79.9. The predicted octanol–water partition coefficient (Wildman–Crippen LogP) is 3.57. The minimum absolute atomic E-state index is 0.0504. The van der Waals surface area contributed by atoms with Crippen LogP contribution in [0.25, 0.3) is 10.9 Å². The summed E-state index contributed by atoms with van der Waals surface area (Å²) < 4.78 is 19.1. The molecule has 0 bridgehead atoms. The topological polar surface area (TPSA) is 59.2 Å². The molecule has 0 fully saturated rings. The molecule has 2 aromatic rings. The Morgan fingerprint density at radius 1 is 1.55 bits per heavy atom. The van der Waals surface area contributed by atoms with E-state index in [1.807, 2.05) is 0 Å². The number of esters is 1. The molecule has 0 radical (unpaired) electrons. The Morgan fingerprint density at radius 3 is 2.80 bits per heavy atom. The van der Waals surface area contributed by atoms with E-state index < -0.39 is 17.2 Å². The van der Waals surface area contributed by atoms with Gasteiger partial charge in [-0.05, 0) is 41.4 Å². The van der Waals surface area contributed by atoms with Gasteiger partial charge >= 0.3 is 5.97 Å². The summed E-state index contributed by atoms with van der Waals surface area (Å²) in [5.41, 5.74) is -0.484. The van der Waals surface area contributed by atoms with Gasteiger partial charge in [-0.2, -0.15) is 0 Å². The standard InChI is InChI=1S/C13H10BrClFNO3/c1-3-20-13(19)7-11(18)6-4-5(2)8(14)9(16)10(6)17-12(7)15/h4H,3H2,1-2H3,(H,17,18). The minimum Gasteiger partial charge on any atom is -0.462 e. The van der Waals surface area contributed by atoms with Crippen LogP contribution < -0.4 is 5.43 Å². The number of H-pyrrole nitrogens is 1. The van der Waals surface area contributed by atoms with Crippen molar-refractivity contribution in [3.63, 3.8) is 0 Å². The lowest BCUT2D eigenvalue weighted by Gasteiger charge is -2.09. The Bertz CT molecular complexity index is 773. The van der Waals surface area contributed by atoms with E-state index in [1.165, 1.54) is 6.07 Å². The monoisotopic (exact) mass is 361 g/mol. The van der Waals surface area contributed by atoms with Gasteiger partial charge in [-0.3, -0.25) is 4.79 Å². The second-order valence-corrected chi connectivity index (χ2v) is 5.28. The summed E-state index contributed by atoms with van der Waals surface area (Å²) in [7, 11) is 0. The summed E-state index contributed by atoms with van der Waals surface area (Å²) in [5.74, 6) is -1.46. The lowest BCUT2D eigenvalue weighted by molar-refractivity contribution is 0.0525. The van der Waals surface area contributed by atoms with Gasteiger partial charge < -0.3 is 9.72 Å². The van der Waals surface area contributed by atoms with Gasteiger partial charge in [0.05, 0.1) is 16.6 Å². The molecule has 0 aliphatic carbocycles. The van der Waals surface area contributed by atoms with Crippen molar-refractivity contribution in [2.24, 2.45) is 0 Å². The SMILES string of the molecule is CCOC(=O)c1c(Cl)[nH]c2c(F)c(Br)c(C)cc2c1=O. The zero-order valence-electron chi connectivity index (χ0n) is 10.6. The van der Waals surface area contributed by atoms with Crippen LogP contribution in [0.3, 0.4) is 0 Å². The number of hydrogen-bond donors (Lipinski definition) is 1. The smallest absolute Gasteiger partial charge is 0.345 e. The molecule has 0 unspecified atom stereocenters. The van der Waals surface area contributed by atoms with E-state index in [4.69, 9.17) is 16.3 Å². The highest BCUT2D eigenvalue weighted by molar-refractivity contribution is 9.10. The summed E-state index contributed by atoms with van der Waals surface area (Å²) >= 11 is 8.95. The Labute approximate surface area is 127 Å². The average Bonchev–Trinajstić information content (AvgIpc) is 2.38. The molecule has 0 amide bonds. The van der Waals surface area contributed by atoms with Crippen LogP contribution in [0.4, 0.5) is 4.39 Å². The van der Waals surface area contributed by atoms with Gasteiger partial charge in [0.25, 0.3) is 0 Å². The quantitative estimate of drug-likeness (QED) is 0.656.